The minimum atomic E-state index is -0.604. The molecule has 1 heterocycles. The molecule has 24 heavy (non-hydrogen) atoms. The summed E-state index contributed by atoms with van der Waals surface area (Å²) in [5.74, 6) is -0.581. The van der Waals surface area contributed by atoms with Crippen LogP contribution in [-0.2, 0) is 9.59 Å². The molecule has 1 aliphatic rings. The molecule has 0 saturated carbocycles. The normalized spacial score (nSPS) is 17.7. The highest BCUT2D eigenvalue weighted by Crippen LogP contribution is 2.25. The van der Waals surface area contributed by atoms with Crippen molar-refractivity contribution in [2.75, 3.05) is 10.2 Å². The molecule has 2 aromatic carbocycles. The first-order chi connectivity index (χ1) is 11.5. The van der Waals surface area contributed by atoms with Crippen LogP contribution in [0.5, 0.6) is 0 Å². The number of hydrogen-bond acceptors (Lipinski definition) is 3. The topological polar surface area (TPSA) is 49.4 Å². The summed E-state index contributed by atoms with van der Waals surface area (Å²) in [5, 5.41) is 3.11. The minimum absolute atomic E-state index is 0.0855. The number of rotatable bonds is 4. The van der Waals surface area contributed by atoms with Crippen molar-refractivity contribution < 1.29 is 14.0 Å². The number of carbonyl (C=O) groups excluding carboxylic acids is 2. The fourth-order valence-corrected chi connectivity index (χ4v) is 2.77. The smallest absolute Gasteiger partial charge is 0.256 e. The molecule has 2 amide bonds. The van der Waals surface area contributed by atoms with Gasteiger partial charge in [-0.2, -0.15) is 0 Å². The summed E-state index contributed by atoms with van der Waals surface area (Å²) < 4.78 is 13.0. The Balaban J connectivity index is 1.75. The fraction of sp³-hybridized carbons (Fsp3) is 0.263. The molecule has 1 saturated heterocycles. The Labute approximate surface area is 140 Å². The fourth-order valence-electron chi connectivity index (χ4n) is 2.77. The van der Waals surface area contributed by atoms with Crippen LogP contribution in [0.4, 0.5) is 15.8 Å². The van der Waals surface area contributed by atoms with Gasteiger partial charge in [0.05, 0.1) is 12.1 Å². The van der Waals surface area contributed by atoms with Gasteiger partial charge in [-0.3, -0.25) is 9.59 Å². The van der Waals surface area contributed by atoms with E-state index < -0.39 is 11.9 Å². The third kappa shape index (κ3) is 3.15. The Morgan fingerprint density at radius 1 is 1.04 bits per heavy atom. The lowest BCUT2D eigenvalue weighted by Crippen LogP contribution is -2.34. The summed E-state index contributed by atoms with van der Waals surface area (Å²) in [5.41, 5.74) is 2.40. The zero-order valence-electron chi connectivity index (χ0n) is 13.6. The first kappa shape index (κ1) is 16.2. The number of benzene rings is 2. The largest absolute Gasteiger partial charge is 0.373 e. The highest BCUT2D eigenvalue weighted by atomic mass is 19.1. The quantitative estimate of drug-likeness (QED) is 0.872. The molecular weight excluding hydrogens is 307 g/mol. The van der Waals surface area contributed by atoms with Crippen molar-refractivity contribution in [3.63, 3.8) is 0 Å². The Hall–Kier alpha value is -2.69. The van der Waals surface area contributed by atoms with Crippen LogP contribution in [-0.4, -0.2) is 17.9 Å². The number of anilines is 2. The van der Waals surface area contributed by atoms with E-state index in [9.17, 15) is 14.0 Å². The average Bonchev–Trinajstić information content (AvgIpc) is 2.83. The standard InChI is InChI=1S/C19H19FN2O2/c1-12(2)13-3-7-15(8-4-13)21-17-11-18(23)22(19(17)24)16-9-5-14(20)6-10-16/h3-10,12,17,21H,11H2,1-2H3/t17-/m0/s1. The Kier molecular flexibility index (Phi) is 4.34. The van der Waals surface area contributed by atoms with Crippen LogP contribution in [0.1, 0.15) is 31.7 Å². The molecule has 4 nitrogen and oxygen atoms in total. The van der Waals surface area contributed by atoms with Gasteiger partial charge in [0.2, 0.25) is 5.91 Å². The van der Waals surface area contributed by atoms with Gasteiger partial charge in [0, 0.05) is 5.69 Å². The maximum absolute atomic E-state index is 13.0. The van der Waals surface area contributed by atoms with Gasteiger partial charge in [-0.05, 0) is 47.9 Å². The van der Waals surface area contributed by atoms with Gasteiger partial charge in [-0.15, -0.1) is 0 Å². The van der Waals surface area contributed by atoms with Crippen LogP contribution in [0.3, 0.4) is 0 Å². The Bertz CT molecular complexity index is 754. The van der Waals surface area contributed by atoms with Crippen LogP contribution < -0.4 is 10.2 Å². The van der Waals surface area contributed by atoms with Crippen molar-refractivity contribution in [2.24, 2.45) is 0 Å². The number of hydrogen-bond donors (Lipinski definition) is 1. The van der Waals surface area contributed by atoms with E-state index in [2.05, 4.69) is 19.2 Å². The van der Waals surface area contributed by atoms with E-state index in [0.29, 0.717) is 11.6 Å². The molecule has 1 aliphatic heterocycles. The van der Waals surface area contributed by atoms with E-state index in [1.165, 1.54) is 29.8 Å². The first-order valence-electron chi connectivity index (χ1n) is 7.94. The lowest BCUT2D eigenvalue weighted by molar-refractivity contribution is -0.121. The lowest BCUT2D eigenvalue weighted by atomic mass is 10.0. The molecular formula is C19H19FN2O2. The van der Waals surface area contributed by atoms with Crippen LogP contribution in [0.15, 0.2) is 48.5 Å². The number of amides is 2. The average molecular weight is 326 g/mol. The van der Waals surface area contributed by atoms with Crippen molar-refractivity contribution in [2.45, 2.75) is 32.2 Å². The summed E-state index contributed by atoms with van der Waals surface area (Å²) in [6, 6.07) is 12.6. The molecule has 0 unspecified atom stereocenters. The van der Waals surface area contributed by atoms with Gasteiger partial charge in [0.1, 0.15) is 11.9 Å². The molecule has 0 aliphatic carbocycles. The predicted octanol–water partition coefficient (Wildman–Crippen LogP) is 3.69. The van der Waals surface area contributed by atoms with E-state index in [0.717, 1.165) is 10.6 Å². The summed E-state index contributed by atoms with van der Waals surface area (Å²) >= 11 is 0. The second-order valence-electron chi connectivity index (χ2n) is 6.22. The number of carbonyl (C=O) groups is 2. The second-order valence-corrected chi connectivity index (χ2v) is 6.22. The lowest BCUT2D eigenvalue weighted by Gasteiger charge is -2.16. The first-order valence-corrected chi connectivity index (χ1v) is 7.94. The molecule has 124 valence electrons. The molecule has 0 radical (unpaired) electrons. The third-order valence-electron chi connectivity index (χ3n) is 4.15. The van der Waals surface area contributed by atoms with E-state index in [1.54, 1.807) is 0 Å². The van der Waals surface area contributed by atoms with E-state index in [1.807, 2.05) is 24.3 Å². The number of nitrogens with zero attached hydrogens (tertiary/aromatic N) is 1. The third-order valence-corrected chi connectivity index (χ3v) is 4.15. The SMILES string of the molecule is CC(C)c1ccc(N[C@H]2CC(=O)N(c3ccc(F)cc3)C2=O)cc1. The highest BCUT2D eigenvalue weighted by Gasteiger charge is 2.39. The monoisotopic (exact) mass is 326 g/mol. The van der Waals surface area contributed by atoms with Gasteiger partial charge in [0.25, 0.3) is 5.91 Å². The summed E-state index contributed by atoms with van der Waals surface area (Å²) in [6.07, 6.45) is 0.0855. The molecule has 1 fully saturated rings. The van der Waals surface area contributed by atoms with Crippen LogP contribution in [0.2, 0.25) is 0 Å². The molecule has 1 N–H and O–H groups in total. The maximum atomic E-state index is 13.0. The molecule has 3 rings (SSSR count). The van der Waals surface area contributed by atoms with Crippen LogP contribution in [0, 0.1) is 5.82 Å². The van der Waals surface area contributed by atoms with Gasteiger partial charge < -0.3 is 5.32 Å². The number of nitrogens with one attached hydrogen (secondary N) is 1. The Morgan fingerprint density at radius 2 is 1.67 bits per heavy atom. The van der Waals surface area contributed by atoms with Crippen LogP contribution >= 0.6 is 0 Å². The predicted molar refractivity (Wildman–Crippen MR) is 91.5 cm³/mol. The maximum Gasteiger partial charge on any atom is 0.256 e. The van der Waals surface area contributed by atoms with E-state index in [4.69, 9.17) is 0 Å². The van der Waals surface area contributed by atoms with Crippen molar-refractivity contribution in [1.82, 2.24) is 0 Å². The van der Waals surface area contributed by atoms with Gasteiger partial charge in [-0.1, -0.05) is 26.0 Å². The van der Waals surface area contributed by atoms with E-state index >= 15 is 0 Å². The molecule has 0 spiro atoms. The van der Waals surface area contributed by atoms with Gasteiger partial charge in [-0.25, -0.2) is 9.29 Å². The zero-order valence-corrected chi connectivity index (χ0v) is 13.6. The molecule has 0 bridgehead atoms. The highest BCUT2D eigenvalue weighted by molar-refractivity contribution is 6.23. The number of halogens is 1. The van der Waals surface area contributed by atoms with Gasteiger partial charge in [0.15, 0.2) is 0 Å². The zero-order chi connectivity index (χ0) is 17.3. The number of imide groups is 1. The van der Waals surface area contributed by atoms with Crippen molar-refractivity contribution in [1.29, 1.82) is 0 Å². The second kappa shape index (κ2) is 6.43. The molecule has 1 atom stereocenters. The van der Waals surface area contributed by atoms with Gasteiger partial charge >= 0.3 is 0 Å². The minimum Gasteiger partial charge on any atom is -0.373 e. The molecule has 5 heteroatoms. The van der Waals surface area contributed by atoms with Crippen LogP contribution in [0.25, 0.3) is 0 Å². The Morgan fingerprint density at radius 3 is 2.25 bits per heavy atom. The van der Waals surface area contributed by atoms with E-state index in [-0.39, 0.29) is 18.2 Å². The van der Waals surface area contributed by atoms with Crippen molar-refractivity contribution >= 4 is 23.2 Å². The summed E-state index contributed by atoms with van der Waals surface area (Å²) in [7, 11) is 0. The van der Waals surface area contributed by atoms with Crippen molar-refractivity contribution in [3.05, 3.63) is 59.9 Å². The molecule has 0 aromatic heterocycles. The summed E-state index contributed by atoms with van der Waals surface area (Å²) in [4.78, 5) is 25.8. The summed E-state index contributed by atoms with van der Waals surface area (Å²) in [6.45, 7) is 4.23. The van der Waals surface area contributed by atoms with Crippen molar-refractivity contribution in [3.8, 4) is 0 Å². The molecule has 2 aromatic rings.